The molecule has 0 amide bonds. The van der Waals surface area contributed by atoms with Crippen molar-refractivity contribution in [2.24, 2.45) is 5.92 Å². The Hall–Kier alpha value is -0.0800. The molecule has 2 N–H and O–H groups in total. The van der Waals surface area contributed by atoms with Crippen LogP contribution in [-0.2, 0) is 0 Å². The molecule has 0 radical (unpaired) electrons. The Kier molecular flexibility index (Phi) is 7.51. The maximum Gasteiger partial charge on any atom is 0.0587 e. The van der Waals surface area contributed by atoms with Crippen LogP contribution in [0.25, 0.3) is 0 Å². The monoisotopic (exact) mass is 173 g/mol. The molecule has 0 aromatic heterocycles. The second-order valence-corrected chi connectivity index (χ2v) is 3.69. The first-order valence-corrected chi connectivity index (χ1v) is 5.06. The summed E-state index contributed by atoms with van der Waals surface area (Å²) in [5.41, 5.74) is 0. The summed E-state index contributed by atoms with van der Waals surface area (Å²) in [7, 11) is 0. The molecule has 0 aliphatic carbocycles. The van der Waals surface area contributed by atoms with Gasteiger partial charge in [-0.25, -0.2) is 0 Å². The third-order valence-corrected chi connectivity index (χ3v) is 2.19. The number of aliphatic hydroxyl groups is 1. The van der Waals surface area contributed by atoms with Crippen LogP contribution in [0, 0.1) is 5.92 Å². The lowest BCUT2D eigenvalue weighted by atomic mass is 10.1. The minimum absolute atomic E-state index is 0.254. The molecule has 12 heavy (non-hydrogen) atoms. The van der Waals surface area contributed by atoms with Gasteiger partial charge in [-0.2, -0.15) is 0 Å². The third kappa shape index (κ3) is 5.56. The van der Waals surface area contributed by atoms with Gasteiger partial charge < -0.3 is 10.4 Å². The van der Waals surface area contributed by atoms with Crippen LogP contribution in [0.1, 0.15) is 40.0 Å². The summed E-state index contributed by atoms with van der Waals surface area (Å²) in [6.07, 6.45) is 3.76. The Bertz CT molecular complexity index is 93.8. The first-order chi connectivity index (χ1) is 5.72. The van der Waals surface area contributed by atoms with E-state index in [-0.39, 0.29) is 12.6 Å². The second-order valence-electron chi connectivity index (χ2n) is 3.69. The standard InChI is InChI=1S/C10H23NO/c1-4-5-6-7-11-10(8-12)9(2)3/h9-12H,4-8H2,1-3H3/t10-/m1/s1. The van der Waals surface area contributed by atoms with Gasteiger partial charge in [0.2, 0.25) is 0 Å². The van der Waals surface area contributed by atoms with Gasteiger partial charge in [0.25, 0.3) is 0 Å². The van der Waals surface area contributed by atoms with E-state index in [4.69, 9.17) is 5.11 Å². The highest BCUT2D eigenvalue weighted by Crippen LogP contribution is 2.00. The van der Waals surface area contributed by atoms with Gasteiger partial charge in [0.15, 0.2) is 0 Å². The molecular weight excluding hydrogens is 150 g/mol. The quantitative estimate of drug-likeness (QED) is 0.575. The van der Waals surface area contributed by atoms with E-state index in [0.717, 1.165) is 6.54 Å². The van der Waals surface area contributed by atoms with E-state index in [1.807, 2.05) is 0 Å². The number of aliphatic hydroxyl groups excluding tert-OH is 1. The maximum absolute atomic E-state index is 8.99. The molecule has 0 unspecified atom stereocenters. The maximum atomic E-state index is 8.99. The van der Waals surface area contributed by atoms with Gasteiger partial charge in [-0.3, -0.25) is 0 Å². The fraction of sp³-hybridized carbons (Fsp3) is 1.00. The summed E-state index contributed by atoms with van der Waals surface area (Å²) in [6, 6.07) is 0.279. The largest absolute Gasteiger partial charge is 0.395 e. The van der Waals surface area contributed by atoms with E-state index in [0.29, 0.717) is 5.92 Å². The molecule has 0 heterocycles. The third-order valence-electron chi connectivity index (χ3n) is 2.19. The van der Waals surface area contributed by atoms with Crippen molar-refractivity contribution in [2.75, 3.05) is 13.2 Å². The molecule has 0 aliphatic rings. The van der Waals surface area contributed by atoms with Crippen LogP contribution >= 0.6 is 0 Å². The zero-order valence-electron chi connectivity index (χ0n) is 8.64. The first-order valence-electron chi connectivity index (χ1n) is 5.06. The predicted octanol–water partition coefficient (Wildman–Crippen LogP) is 1.78. The van der Waals surface area contributed by atoms with Crippen molar-refractivity contribution >= 4 is 0 Å². The minimum atomic E-state index is 0.254. The number of hydrogen-bond donors (Lipinski definition) is 2. The molecular formula is C10H23NO. The van der Waals surface area contributed by atoms with E-state index < -0.39 is 0 Å². The summed E-state index contributed by atoms with van der Waals surface area (Å²) in [5.74, 6) is 0.525. The Morgan fingerprint density at radius 2 is 1.92 bits per heavy atom. The summed E-state index contributed by atoms with van der Waals surface area (Å²) >= 11 is 0. The van der Waals surface area contributed by atoms with E-state index in [2.05, 4.69) is 26.1 Å². The zero-order chi connectivity index (χ0) is 9.40. The van der Waals surface area contributed by atoms with Crippen LogP contribution in [0.3, 0.4) is 0 Å². The van der Waals surface area contributed by atoms with Crippen molar-refractivity contribution in [2.45, 2.75) is 46.1 Å². The molecule has 0 bridgehead atoms. The highest BCUT2D eigenvalue weighted by molar-refractivity contribution is 4.68. The Morgan fingerprint density at radius 3 is 2.33 bits per heavy atom. The van der Waals surface area contributed by atoms with Crippen molar-refractivity contribution in [3.05, 3.63) is 0 Å². The molecule has 2 nitrogen and oxygen atoms in total. The lowest BCUT2D eigenvalue weighted by molar-refractivity contribution is 0.211. The normalized spacial score (nSPS) is 13.8. The molecule has 0 spiro atoms. The number of unbranched alkanes of at least 4 members (excludes halogenated alkanes) is 2. The smallest absolute Gasteiger partial charge is 0.0587 e. The summed E-state index contributed by atoms with van der Waals surface area (Å²) in [6.45, 7) is 7.76. The van der Waals surface area contributed by atoms with Gasteiger partial charge >= 0.3 is 0 Å². The van der Waals surface area contributed by atoms with Gasteiger partial charge in [0.05, 0.1) is 6.61 Å². The predicted molar refractivity (Wildman–Crippen MR) is 53.2 cm³/mol. The van der Waals surface area contributed by atoms with Gasteiger partial charge in [-0.15, -0.1) is 0 Å². The Labute approximate surface area is 76.4 Å². The second kappa shape index (κ2) is 7.56. The van der Waals surface area contributed by atoms with Gasteiger partial charge in [-0.1, -0.05) is 33.6 Å². The molecule has 2 heteroatoms. The van der Waals surface area contributed by atoms with E-state index in [1.54, 1.807) is 0 Å². The van der Waals surface area contributed by atoms with Gasteiger partial charge in [-0.05, 0) is 18.9 Å². The van der Waals surface area contributed by atoms with Crippen LogP contribution in [0.5, 0.6) is 0 Å². The number of hydrogen-bond acceptors (Lipinski definition) is 2. The fourth-order valence-corrected chi connectivity index (χ4v) is 1.17. The topological polar surface area (TPSA) is 32.3 Å². The molecule has 0 aliphatic heterocycles. The van der Waals surface area contributed by atoms with Crippen LogP contribution in [0.2, 0.25) is 0 Å². The summed E-state index contributed by atoms with van der Waals surface area (Å²) in [4.78, 5) is 0. The number of rotatable bonds is 7. The van der Waals surface area contributed by atoms with Crippen LogP contribution in [0.4, 0.5) is 0 Å². The van der Waals surface area contributed by atoms with Gasteiger partial charge in [0, 0.05) is 6.04 Å². The first kappa shape index (κ1) is 11.9. The molecule has 1 atom stereocenters. The summed E-state index contributed by atoms with van der Waals surface area (Å²) < 4.78 is 0. The molecule has 0 fully saturated rings. The average Bonchev–Trinajstić information content (AvgIpc) is 2.04. The number of nitrogens with one attached hydrogen (secondary N) is 1. The average molecular weight is 173 g/mol. The lowest BCUT2D eigenvalue weighted by Crippen LogP contribution is -2.37. The molecule has 74 valence electrons. The Morgan fingerprint density at radius 1 is 1.25 bits per heavy atom. The van der Waals surface area contributed by atoms with Crippen molar-refractivity contribution in [3.63, 3.8) is 0 Å². The van der Waals surface area contributed by atoms with Crippen molar-refractivity contribution < 1.29 is 5.11 Å². The highest BCUT2D eigenvalue weighted by Gasteiger charge is 2.09. The Balaban J connectivity index is 3.32. The van der Waals surface area contributed by atoms with Crippen LogP contribution < -0.4 is 5.32 Å². The van der Waals surface area contributed by atoms with Crippen molar-refractivity contribution in [3.8, 4) is 0 Å². The van der Waals surface area contributed by atoms with Crippen molar-refractivity contribution in [1.82, 2.24) is 5.32 Å². The van der Waals surface area contributed by atoms with Crippen molar-refractivity contribution in [1.29, 1.82) is 0 Å². The fourth-order valence-electron chi connectivity index (χ4n) is 1.17. The highest BCUT2D eigenvalue weighted by atomic mass is 16.3. The minimum Gasteiger partial charge on any atom is -0.395 e. The molecule has 0 saturated carbocycles. The van der Waals surface area contributed by atoms with E-state index >= 15 is 0 Å². The van der Waals surface area contributed by atoms with Crippen LogP contribution in [0.15, 0.2) is 0 Å². The SMILES string of the molecule is CCCCCN[C@H](CO)C(C)C. The molecule has 0 rings (SSSR count). The van der Waals surface area contributed by atoms with E-state index in [1.165, 1.54) is 19.3 Å². The molecule has 0 saturated heterocycles. The zero-order valence-corrected chi connectivity index (χ0v) is 8.64. The van der Waals surface area contributed by atoms with Crippen LogP contribution in [-0.4, -0.2) is 24.3 Å². The lowest BCUT2D eigenvalue weighted by Gasteiger charge is -2.19. The molecule has 0 aromatic carbocycles. The molecule has 0 aromatic rings. The van der Waals surface area contributed by atoms with Gasteiger partial charge in [0.1, 0.15) is 0 Å². The summed E-state index contributed by atoms with van der Waals surface area (Å²) in [5, 5.41) is 12.3. The van der Waals surface area contributed by atoms with E-state index in [9.17, 15) is 0 Å².